The monoisotopic (exact) mass is 302 g/mol. The molecule has 0 aliphatic rings. The fourth-order valence-electron chi connectivity index (χ4n) is 2.01. The lowest BCUT2D eigenvalue weighted by atomic mass is 10.0. The molecule has 2 heterocycles. The molecule has 2 N–H and O–H groups in total. The van der Waals surface area contributed by atoms with Crippen LogP contribution < -0.4 is 5.32 Å². The Morgan fingerprint density at radius 1 is 1.43 bits per heavy atom. The zero-order chi connectivity index (χ0) is 14.9. The maximum atomic E-state index is 11.8. The van der Waals surface area contributed by atoms with Gasteiger partial charge >= 0.3 is 0 Å². The van der Waals surface area contributed by atoms with Crippen LogP contribution in [0.1, 0.15) is 22.4 Å². The van der Waals surface area contributed by atoms with Crippen molar-refractivity contribution >= 4 is 27.3 Å². The van der Waals surface area contributed by atoms with E-state index in [-0.39, 0.29) is 12.3 Å². The number of hydrogen-bond acceptors (Lipinski definition) is 5. The summed E-state index contributed by atoms with van der Waals surface area (Å²) < 4.78 is 5.88. The summed E-state index contributed by atoms with van der Waals surface area (Å²) in [6.07, 6.45) is 1.40. The Morgan fingerprint density at radius 3 is 2.95 bits per heavy atom. The van der Waals surface area contributed by atoms with E-state index >= 15 is 0 Å². The fraction of sp³-hybridized carbons (Fsp3) is 0.200. The van der Waals surface area contributed by atoms with Crippen molar-refractivity contribution in [3.8, 4) is 0 Å². The van der Waals surface area contributed by atoms with Gasteiger partial charge < -0.3 is 14.9 Å². The summed E-state index contributed by atoms with van der Waals surface area (Å²) in [7, 11) is 0. The molecule has 3 aromatic rings. The standard InChI is InChI=1S/C15H14N2O3S/c1-15(19,9-16-14(18)11-6-7-17-20-11)13-8-10-4-2-3-5-12(10)21-13/h2-8,19H,9H2,1H3,(H,16,18). The zero-order valence-corrected chi connectivity index (χ0v) is 12.2. The minimum absolute atomic E-state index is 0.0966. The van der Waals surface area contributed by atoms with E-state index in [0.717, 1.165) is 15.0 Å². The Hall–Kier alpha value is -2.18. The molecule has 0 bridgehead atoms. The van der Waals surface area contributed by atoms with Crippen LogP contribution in [0.2, 0.25) is 0 Å². The van der Waals surface area contributed by atoms with Gasteiger partial charge in [0.15, 0.2) is 0 Å². The van der Waals surface area contributed by atoms with E-state index in [1.165, 1.54) is 23.6 Å². The van der Waals surface area contributed by atoms with E-state index in [4.69, 9.17) is 4.52 Å². The molecule has 1 aromatic carbocycles. The van der Waals surface area contributed by atoms with Gasteiger partial charge in [0.1, 0.15) is 5.60 Å². The zero-order valence-electron chi connectivity index (χ0n) is 11.4. The number of aromatic nitrogens is 1. The van der Waals surface area contributed by atoms with Crippen LogP contribution in [0.5, 0.6) is 0 Å². The quantitative estimate of drug-likeness (QED) is 0.776. The van der Waals surface area contributed by atoms with Gasteiger partial charge in [0.2, 0.25) is 5.76 Å². The largest absolute Gasteiger partial charge is 0.383 e. The highest BCUT2D eigenvalue weighted by Gasteiger charge is 2.26. The topological polar surface area (TPSA) is 75.4 Å². The average molecular weight is 302 g/mol. The summed E-state index contributed by atoms with van der Waals surface area (Å²) in [5.41, 5.74) is -1.14. The summed E-state index contributed by atoms with van der Waals surface area (Å²) in [4.78, 5) is 12.6. The average Bonchev–Trinajstić information content (AvgIpc) is 3.13. The maximum absolute atomic E-state index is 11.8. The maximum Gasteiger partial charge on any atom is 0.290 e. The van der Waals surface area contributed by atoms with Crippen molar-refractivity contribution in [1.82, 2.24) is 10.5 Å². The van der Waals surface area contributed by atoms with Crippen LogP contribution in [0.3, 0.4) is 0 Å². The fourth-order valence-corrected chi connectivity index (χ4v) is 3.11. The summed E-state index contributed by atoms with van der Waals surface area (Å²) in [5.74, 6) is -0.268. The number of hydrogen-bond donors (Lipinski definition) is 2. The highest BCUT2D eigenvalue weighted by molar-refractivity contribution is 7.19. The number of amides is 1. The van der Waals surface area contributed by atoms with Crippen LogP contribution in [0.4, 0.5) is 0 Å². The minimum atomic E-state index is -1.14. The van der Waals surface area contributed by atoms with Crippen molar-refractivity contribution in [2.24, 2.45) is 0 Å². The number of benzene rings is 1. The van der Waals surface area contributed by atoms with Crippen LogP contribution in [-0.2, 0) is 5.60 Å². The van der Waals surface area contributed by atoms with Gasteiger partial charge in [-0.1, -0.05) is 23.4 Å². The van der Waals surface area contributed by atoms with E-state index in [2.05, 4.69) is 10.5 Å². The van der Waals surface area contributed by atoms with Crippen molar-refractivity contribution in [1.29, 1.82) is 0 Å². The smallest absolute Gasteiger partial charge is 0.290 e. The molecule has 1 unspecified atom stereocenters. The molecule has 108 valence electrons. The number of carbonyl (C=O) groups is 1. The lowest BCUT2D eigenvalue weighted by Crippen LogP contribution is -2.37. The first-order valence-corrected chi connectivity index (χ1v) is 7.28. The van der Waals surface area contributed by atoms with Crippen LogP contribution >= 0.6 is 11.3 Å². The van der Waals surface area contributed by atoms with E-state index in [9.17, 15) is 9.90 Å². The van der Waals surface area contributed by atoms with Gasteiger partial charge in [0.25, 0.3) is 5.91 Å². The Balaban J connectivity index is 1.75. The molecule has 0 saturated carbocycles. The highest BCUT2D eigenvalue weighted by atomic mass is 32.1. The molecule has 6 heteroatoms. The molecule has 0 aliphatic carbocycles. The third-order valence-corrected chi connectivity index (χ3v) is 4.58. The SMILES string of the molecule is CC(O)(CNC(=O)c1ccno1)c1cc2ccccc2s1. The molecule has 0 saturated heterocycles. The first-order valence-electron chi connectivity index (χ1n) is 6.46. The van der Waals surface area contributed by atoms with E-state index in [0.29, 0.717) is 0 Å². The van der Waals surface area contributed by atoms with Gasteiger partial charge in [0.05, 0.1) is 12.7 Å². The summed E-state index contributed by atoms with van der Waals surface area (Å²) in [5, 5.41) is 17.8. The first-order chi connectivity index (χ1) is 10.1. The highest BCUT2D eigenvalue weighted by Crippen LogP contribution is 2.32. The number of nitrogens with zero attached hydrogens (tertiary/aromatic N) is 1. The third kappa shape index (κ3) is 2.81. The lowest BCUT2D eigenvalue weighted by Gasteiger charge is -2.21. The molecule has 2 aromatic heterocycles. The Bertz CT molecular complexity index is 729. The van der Waals surface area contributed by atoms with Crippen LogP contribution in [-0.4, -0.2) is 22.7 Å². The molecule has 0 radical (unpaired) electrons. The molecule has 0 spiro atoms. The van der Waals surface area contributed by atoms with Gasteiger partial charge in [-0.2, -0.15) is 0 Å². The van der Waals surface area contributed by atoms with Crippen molar-refractivity contribution in [2.45, 2.75) is 12.5 Å². The second-order valence-corrected chi connectivity index (χ2v) is 6.07. The first kappa shape index (κ1) is 13.8. The molecule has 5 nitrogen and oxygen atoms in total. The molecule has 1 atom stereocenters. The van der Waals surface area contributed by atoms with Crippen molar-refractivity contribution < 1.29 is 14.4 Å². The Labute approximate surface area is 125 Å². The second kappa shape index (κ2) is 5.31. The van der Waals surface area contributed by atoms with Crippen LogP contribution in [0, 0.1) is 0 Å². The number of carbonyl (C=O) groups excluding carboxylic acids is 1. The number of thiophene rings is 1. The number of aliphatic hydroxyl groups is 1. The van der Waals surface area contributed by atoms with Gasteiger partial charge in [-0.15, -0.1) is 11.3 Å². The lowest BCUT2D eigenvalue weighted by molar-refractivity contribution is 0.0546. The van der Waals surface area contributed by atoms with E-state index in [1.54, 1.807) is 6.92 Å². The number of fused-ring (bicyclic) bond motifs is 1. The minimum Gasteiger partial charge on any atom is -0.383 e. The molecule has 0 aliphatic heterocycles. The normalized spacial score (nSPS) is 14.0. The van der Waals surface area contributed by atoms with E-state index in [1.807, 2.05) is 30.3 Å². The summed E-state index contributed by atoms with van der Waals surface area (Å²) in [6, 6.07) is 11.3. The van der Waals surface area contributed by atoms with E-state index < -0.39 is 11.5 Å². The molecule has 21 heavy (non-hydrogen) atoms. The second-order valence-electron chi connectivity index (χ2n) is 4.98. The molecular formula is C15H14N2O3S. The predicted molar refractivity (Wildman–Crippen MR) is 80.2 cm³/mol. The number of rotatable bonds is 4. The van der Waals surface area contributed by atoms with Crippen molar-refractivity contribution in [3.05, 3.63) is 53.2 Å². The predicted octanol–water partition coefficient (Wildman–Crippen LogP) is 2.53. The van der Waals surface area contributed by atoms with Gasteiger partial charge in [-0.3, -0.25) is 4.79 Å². The van der Waals surface area contributed by atoms with Gasteiger partial charge in [-0.05, 0) is 24.4 Å². The van der Waals surface area contributed by atoms with Crippen molar-refractivity contribution in [3.63, 3.8) is 0 Å². The third-order valence-electron chi connectivity index (χ3n) is 3.21. The molecule has 1 amide bonds. The summed E-state index contributed by atoms with van der Waals surface area (Å²) >= 11 is 1.52. The molecule has 0 fully saturated rings. The van der Waals surface area contributed by atoms with Crippen molar-refractivity contribution in [2.75, 3.05) is 6.54 Å². The van der Waals surface area contributed by atoms with Gasteiger partial charge in [0, 0.05) is 15.6 Å². The Morgan fingerprint density at radius 2 is 2.24 bits per heavy atom. The van der Waals surface area contributed by atoms with Crippen LogP contribution in [0.15, 0.2) is 47.1 Å². The molecule has 3 rings (SSSR count). The molecular weight excluding hydrogens is 288 g/mol. The van der Waals surface area contributed by atoms with Crippen LogP contribution in [0.25, 0.3) is 10.1 Å². The Kier molecular flexibility index (Phi) is 3.48. The number of nitrogens with one attached hydrogen (secondary N) is 1. The summed E-state index contributed by atoms with van der Waals surface area (Å²) in [6.45, 7) is 1.78. The van der Waals surface area contributed by atoms with Gasteiger partial charge in [-0.25, -0.2) is 0 Å².